The molecule has 8 nitrogen and oxygen atoms in total. The van der Waals surface area contributed by atoms with Gasteiger partial charge in [0, 0.05) is 0 Å². The van der Waals surface area contributed by atoms with Crippen molar-refractivity contribution in [3.05, 3.63) is 47.5 Å². The lowest BCUT2D eigenvalue weighted by atomic mass is 10.2. The van der Waals surface area contributed by atoms with Crippen LogP contribution < -0.4 is 18.9 Å². The smallest absolute Gasteiger partial charge is 0.343 e. The van der Waals surface area contributed by atoms with Gasteiger partial charge < -0.3 is 23.7 Å². The van der Waals surface area contributed by atoms with Gasteiger partial charge in [0.1, 0.15) is 0 Å². The van der Waals surface area contributed by atoms with Crippen LogP contribution in [0.15, 0.2) is 41.5 Å². The Bertz CT molecular complexity index is 877. The molecule has 1 heterocycles. The summed E-state index contributed by atoms with van der Waals surface area (Å²) in [6, 6.07) is 10.1. The number of hydrogen-bond donors (Lipinski definition) is 0. The van der Waals surface area contributed by atoms with Crippen molar-refractivity contribution < 1.29 is 28.5 Å². The van der Waals surface area contributed by atoms with E-state index >= 15 is 0 Å². The Morgan fingerprint density at radius 1 is 0.931 bits per heavy atom. The molecule has 154 valence electrons. The zero-order valence-corrected chi connectivity index (χ0v) is 16.7. The summed E-state index contributed by atoms with van der Waals surface area (Å²) in [5.74, 6) is 1.20. The summed E-state index contributed by atoms with van der Waals surface area (Å²) in [5.41, 5.74) is 1.17. The molecule has 0 unspecified atom stereocenters. The number of hydrazone groups is 1. The first-order chi connectivity index (χ1) is 14.1. The highest BCUT2D eigenvalue weighted by Gasteiger charge is 2.15. The molecule has 3 rings (SSSR count). The molecule has 2 aromatic carbocycles. The highest BCUT2D eigenvalue weighted by atomic mass is 16.6. The van der Waals surface area contributed by atoms with E-state index in [9.17, 15) is 4.79 Å². The standard InChI is InChI=1S/C21H24N2O6/c1-25-17-7-5-16(13-20(17)27-3)21(24)29-18-6-4-15(12-19(18)26-2)14-22-23-8-10-28-11-9-23/h4-7,12-14H,8-11H2,1-3H3/b22-14-. The number of carbonyl (C=O) groups is 1. The van der Waals surface area contributed by atoms with E-state index in [0.29, 0.717) is 41.8 Å². The Morgan fingerprint density at radius 3 is 2.28 bits per heavy atom. The molecule has 0 amide bonds. The SMILES string of the molecule is COc1ccc(C(=O)Oc2ccc(/C=N\N3CCOCC3)cc2OC)cc1OC. The fourth-order valence-electron chi connectivity index (χ4n) is 2.79. The first-order valence-electron chi connectivity index (χ1n) is 9.13. The summed E-state index contributed by atoms with van der Waals surface area (Å²) < 4.78 is 26.6. The Hall–Kier alpha value is -3.26. The summed E-state index contributed by atoms with van der Waals surface area (Å²) in [6.07, 6.45) is 1.74. The molecule has 1 saturated heterocycles. The molecule has 1 aliphatic heterocycles. The minimum absolute atomic E-state index is 0.316. The summed E-state index contributed by atoms with van der Waals surface area (Å²) in [7, 11) is 4.56. The van der Waals surface area contributed by atoms with Crippen LogP contribution in [0.4, 0.5) is 0 Å². The van der Waals surface area contributed by atoms with E-state index in [-0.39, 0.29) is 0 Å². The Labute approximate surface area is 169 Å². The van der Waals surface area contributed by atoms with Gasteiger partial charge in [-0.1, -0.05) is 0 Å². The van der Waals surface area contributed by atoms with Crippen LogP contribution in [0.2, 0.25) is 0 Å². The molecule has 29 heavy (non-hydrogen) atoms. The highest BCUT2D eigenvalue weighted by molar-refractivity contribution is 5.92. The number of ether oxygens (including phenoxy) is 5. The minimum Gasteiger partial charge on any atom is -0.493 e. The van der Waals surface area contributed by atoms with Crippen molar-refractivity contribution in [3.8, 4) is 23.0 Å². The van der Waals surface area contributed by atoms with Crippen molar-refractivity contribution in [2.45, 2.75) is 0 Å². The van der Waals surface area contributed by atoms with Crippen LogP contribution in [0, 0.1) is 0 Å². The fourth-order valence-corrected chi connectivity index (χ4v) is 2.79. The second-order valence-corrected chi connectivity index (χ2v) is 6.18. The number of rotatable bonds is 7. The van der Waals surface area contributed by atoms with Gasteiger partial charge in [0.25, 0.3) is 0 Å². The van der Waals surface area contributed by atoms with E-state index in [0.717, 1.165) is 18.7 Å². The third-order valence-electron chi connectivity index (χ3n) is 4.37. The van der Waals surface area contributed by atoms with Gasteiger partial charge >= 0.3 is 5.97 Å². The van der Waals surface area contributed by atoms with Gasteiger partial charge in [-0.25, -0.2) is 4.79 Å². The maximum absolute atomic E-state index is 12.5. The average Bonchev–Trinajstić information content (AvgIpc) is 2.78. The maximum atomic E-state index is 12.5. The number of hydrogen-bond acceptors (Lipinski definition) is 8. The number of benzene rings is 2. The van der Waals surface area contributed by atoms with Gasteiger partial charge in [-0.3, -0.25) is 5.01 Å². The third-order valence-corrected chi connectivity index (χ3v) is 4.37. The van der Waals surface area contributed by atoms with E-state index in [1.54, 1.807) is 36.5 Å². The van der Waals surface area contributed by atoms with Crippen molar-refractivity contribution in [2.75, 3.05) is 47.6 Å². The first kappa shape index (κ1) is 20.5. The first-order valence-corrected chi connectivity index (χ1v) is 9.13. The maximum Gasteiger partial charge on any atom is 0.343 e. The van der Waals surface area contributed by atoms with Gasteiger partial charge in [0.2, 0.25) is 0 Å². The normalized spacial score (nSPS) is 14.0. The molecular formula is C21H24N2O6. The number of morpholine rings is 1. The topological polar surface area (TPSA) is 78.8 Å². The van der Waals surface area contributed by atoms with Crippen molar-refractivity contribution >= 4 is 12.2 Å². The molecule has 2 aromatic rings. The van der Waals surface area contributed by atoms with Gasteiger partial charge in [-0.05, 0) is 42.0 Å². The number of nitrogens with zero attached hydrogens (tertiary/aromatic N) is 2. The van der Waals surface area contributed by atoms with Gasteiger partial charge in [-0.2, -0.15) is 5.10 Å². The Morgan fingerprint density at radius 2 is 1.59 bits per heavy atom. The lowest BCUT2D eigenvalue weighted by Gasteiger charge is -2.23. The average molecular weight is 400 g/mol. The molecule has 0 aliphatic carbocycles. The van der Waals surface area contributed by atoms with Crippen LogP contribution in [-0.4, -0.2) is 64.8 Å². The van der Waals surface area contributed by atoms with Crippen LogP contribution in [0.5, 0.6) is 23.0 Å². The van der Waals surface area contributed by atoms with E-state index in [2.05, 4.69) is 5.10 Å². The van der Waals surface area contributed by atoms with Gasteiger partial charge in [-0.15, -0.1) is 0 Å². The van der Waals surface area contributed by atoms with Crippen LogP contribution in [0.3, 0.4) is 0 Å². The van der Waals surface area contributed by atoms with Gasteiger partial charge in [0.15, 0.2) is 23.0 Å². The van der Waals surface area contributed by atoms with Crippen LogP contribution in [0.1, 0.15) is 15.9 Å². The lowest BCUT2D eigenvalue weighted by molar-refractivity contribution is 0.0397. The third kappa shape index (κ3) is 5.17. The summed E-state index contributed by atoms with van der Waals surface area (Å²) in [5, 5.41) is 6.39. The number of carbonyl (C=O) groups excluding carboxylic acids is 1. The molecule has 1 fully saturated rings. The lowest BCUT2D eigenvalue weighted by Crippen LogP contribution is -2.32. The predicted molar refractivity (Wildman–Crippen MR) is 107 cm³/mol. The molecule has 0 atom stereocenters. The quantitative estimate of drug-likeness (QED) is 0.402. The Balaban J connectivity index is 1.73. The van der Waals surface area contributed by atoms with Crippen LogP contribution >= 0.6 is 0 Å². The zero-order valence-electron chi connectivity index (χ0n) is 16.7. The van der Waals surface area contributed by atoms with Crippen LogP contribution in [-0.2, 0) is 4.74 Å². The fraction of sp³-hybridized carbons (Fsp3) is 0.333. The number of esters is 1. The van der Waals surface area contributed by atoms with E-state index in [4.69, 9.17) is 23.7 Å². The highest BCUT2D eigenvalue weighted by Crippen LogP contribution is 2.31. The molecular weight excluding hydrogens is 376 g/mol. The minimum atomic E-state index is -0.529. The summed E-state index contributed by atoms with van der Waals surface area (Å²) in [4.78, 5) is 12.5. The largest absolute Gasteiger partial charge is 0.493 e. The molecule has 0 bridgehead atoms. The van der Waals surface area contributed by atoms with E-state index in [1.165, 1.54) is 21.3 Å². The molecule has 0 spiro atoms. The molecule has 8 heteroatoms. The molecule has 0 radical (unpaired) electrons. The summed E-state index contributed by atoms with van der Waals surface area (Å²) >= 11 is 0. The monoisotopic (exact) mass is 400 g/mol. The van der Waals surface area contributed by atoms with Gasteiger partial charge in [0.05, 0.1) is 59.4 Å². The molecule has 0 N–H and O–H groups in total. The van der Waals surface area contributed by atoms with E-state index in [1.807, 2.05) is 11.1 Å². The van der Waals surface area contributed by atoms with E-state index < -0.39 is 5.97 Å². The van der Waals surface area contributed by atoms with Crippen molar-refractivity contribution in [1.29, 1.82) is 0 Å². The number of methoxy groups -OCH3 is 3. The van der Waals surface area contributed by atoms with Crippen molar-refractivity contribution in [3.63, 3.8) is 0 Å². The summed E-state index contributed by atoms with van der Waals surface area (Å²) in [6.45, 7) is 2.86. The van der Waals surface area contributed by atoms with Crippen molar-refractivity contribution in [2.24, 2.45) is 5.10 Å². The molecule has 1 aliphatic rings. The zero-order chi connectivity index (χ0) is 20.6. The molecule has 0 saturated carbocycles. The second kappa shape index (κ2) is 9.79. The van der Waals surface area contributed by atoms with Crippen LogP contribution in [0.25, 0.3) is 0 Å². The second-order valence-electron chi connectivity index (χ2n) is 6.18. The predicted octanol–water partition coefficient (Wildman–Crippen LogP) is 2.60. The Kier molecular flexibility index (Phi) is 6.91. The van der Waals surface area contributed by atoms with Crippen molar-refractivity contribution in [1.82, 2.24) is 5.01 Å². The molecule has 0 aromatic heterocycles.